The molecule has 4 rings (SSSR count). The van der Waals surface area contributed by atoms with Crippen LogP contribution in [0.25, 0.3) is 0 Å². The first-order valence-corrected chi connectivity index (χ1v) is 9.47. The molecule has 1 aromatic rings. The molecule has 4 atom stereocenters. The zero-order chi connectivity index (χ0) is 17.1. The number of phenols is 1. The largest absolute Gasteiger partial charge is 0.508 e. The van der Waals surface area contributed by atoms with E-state index in [0.717, 1.165) is 37.7 Å². The predicted octanol–water partition coefficient (Wildman–Crippen LogP) is 5.01. The molecule has 0 aliphatic heterocycles. The van der Waals surface area contributed by atoms with Crippen LogP contribution in [0.15, 0.2) is 29.8 Å². The van der Waals surface area contributed by atoms with Crippen molar-refractivity contribution in [3.63, 3.8) is 0 Å². The van der Waals surface area contributed by atoms with Gasteiger partial charge in [0.1, 0.15) is 5.75 Å². The first-order chi connectivity index (χ1) is 11.4. The van der Waals surface area contributed by atoms with Gasteiger partial charge < -0.3 is 5.11 Å². The molecule has 2 fully saturated rings. The molecule has 2 saturated carbocycles. The van der Waals surface area contributed by atoms with Gasteiger partial charge >= 0.3 is 0 Å². The fourth-order valence-corrected chi connectivity index (χ4v) is 5.79. The lowest BCUT2D eigenvalue weighted by molar-refractivity contribution is -0.127. The monoisotopic (exact) mass is 324 g/mol. The van der Waals surface area contributed by atoms with Crippen LogP contribution < -0.4 is 0 Å². The Kier molecular flexibility index (Phi) is 3.63. The summed E-state index contributed by atoms with van der Waals surface area (Å²) in [6, 6.07) is 5.91. The van der Waals surface area contributed by atoms with Crippen molar-refractivity contribution >= 4 is 5.78 Å². The number of Topliss-reactive ketones (excluding diaryl/α,β-unsaturated/α-hetero) is 1. The number of fused-ring (bicyclic) bond motifs is 5. The third kappa shape index (κ3) is 2.26. The fraction of sp³-hybridized carbons (Fsp3) is 0.591. The van der Waals surface area contributed by atoms with E-state index in [-0.39, 0.29) is 5.41 Å². The molecule has 3 aliphatic carbocycles. The maximum atomic E-state index is 13.1. The second kappa shape index (κ2) is 5.47. The van der Waals surface area contributed by atoms with Crippen molar-refractivity contribution in [2.24, 2.45) is 23.2 Å². The standard InChI is InChI=1S/C22H28O2/c1-13(2)10-15-12-20-19-6-4-14-11-16(23)5-7-17(14)18(19)8-9-22(20,3)21(15)24/h5,7,10-11,13,18-20,23H,4,6,8-9,12H2,1-3H3/t18-,19-,20+,22+/m1/s1. The highest BCUT2D eigenvalue weighted by Gasteiger charge is 2.56. The van der Waals surface area contributed by atoms with Gasteiger partial charge in [-0.3, -0.25) is 4.79 Å². The van der Waals surface area contributed by atoms with Crippen LogP contribution in [-0.4, -0.2) is 10.9 Å². The van der Waals surface area contributed by atoms with Crippen LogP contribution in [0, 0.1) is 23.2 Å². The average molecular weight is 324 g/mol. The number of aromatic hydroxyl groups is 1. The number of benzene rings is 1. The SMILES string of the molecule is CC(C)C=C1C[C@H]2[C@@H]3CCc4cc(O)ccc4[C@H]3CC[C@]2(C)C1=O. The molecule has 1 aromatic carbocycles. The molecule has 1 N–H and O–H groups in total. The second-order valence-corrected chi connectivity index (χ2v) is 8.72. The van der Waals surface area contributed by atoms with Crippen molar-refractivity contribution in [2.45, 2.75) is 58.8 Å². The van der Waals surface area contributed by atoms with Crippen LogP contribution in [-0.2, 0) is 11.2 Å². The smallest absolute Gasteiger partial charge is 0.164 e. The molecule has 0 unspecified atom stereocenters. The maximum absolute atomic E-state index is 13.1. The van der Waals surface area contributed by atoms with E-state index in [1.807, 2.05) is 12.1 Å². The van der Waals surface area contributed by atoms with Gasteiger partial charge in [-0.2, -0.15) is 0 Å². The molecule has 2 heteroatoms. The van der Waals surface area contributed by atoms with Gasteiger partial charge in [0.25, 0.3) is 0 Å². The van der Waals surface area contributed by atoms with Crippen molar-refractivity contribution in [3.8, 4) is 5.75 Å². The third-order valence-electron chi connectivity index (χ3n) is 6.88. The van der Waals surface area contributed by atoms with Crippen molar-refractivity contribution in [2.75, 3.05) is 0 Å². The molecule has 0 amide bonds. The number of allylic oxidation sites excluding steroid dienone is 2. The highest BCUT2D eigenvalue weighted by atomic mass is 16.3. The lowest BCUT2D eigenvalue weighted by atomic mass is 9.55. The van der Waals surface area contributed by atoms with Gasteiger partial charge in [-0.05, 0) is 84.6 Å². The molecule has 3 aliphatic rings. The summed E-state index contributed by atoms with van der Waals surface area (Å²) in [4.78, 5) is 13.1. The number of ketones is 1. The van der Waals surface area contributed by atoms with E-state index in [1.165, 1.54) is 11.1 Å². The normalized spacial score (nSPS) is 36.6. The minimum atomic E-state index is -0.143. The lowest BCUT2D eigenvalue weighted by Gasteiger charge is -2.48. The molecule has 0 heterocycles. The molecule has 0 spiro atoms. The minimum Gasteiger partial charge on any atom is -0.508 e. The van der Waals surface area contributed by atoms with Crippen molar-refractivity contribution in [1.82, 2.24) is 0 Å². The summed E-state index contributed by atoms with van der Waals surface area (Å²) in [5, 5.41) is 9.78. The summed E-state index contributed by atoms with van der Waals surface area (Å²) in [5.74, 6) is 2.93. The second-order valence-electron chi connectivity index (χ2n) is 8.72. The molecule has 0 saturated heterocycles. The van der Waals surface area contributed by atoms with Crippen LogP contribution in [0.5, 0.6) is 5.75 Å². The van der Waals surface area contributed by atoms with E-state index in [0.29, 0.717) is 35.2 Å². The summed E-state index contributed by atoms with van der Waals surface area (Å²) < 4.78 is 0. The summed E-state index contributed by atoms with van der Waals surface area (Å²) in [6.07, 6.45) is 7.49. The van der Waals surface area contributed by atoms with E-state index < -0.39 is 0 Å². The number of phenolic OH excluding ortho intramolecular Hbond substituents is 1. The van der Waals surface area contributed by atoms with Gasteiger partial charge in [0, 0.05) is 5.41 Å². The molecular weight excluding hydrogens is 296 g/mol. The van der Waals surface area contributed by atoms with Gasteiger partial charge in [0.05, 0.1) is 0 Å². The van der Waals surface area contributed by atoms with E-state index >= 15 is 0 Å². The van der Waals surface area contributed by atoms with Gasteiger partial charge in [-0.15, -0.1) is 0 Å². The molecule has 128 valence electrons. The number of hydrogen-bond donors (Lipinski definition) is 1. The van der Waals surface area contributed by atoms with Gasteiger partial charge in [-0.1, -0.05) is 32.9 Å². The molecule has 0 radical (unpaired) electrons. The van der Waals surface area contributed by atoms with Crippen LogP contribution in [0.2, 0.25) is 0 Å². The summed E-state index contributed by atoms with van der Waals surface area (Å²) >= 11 is 0. The molecule has 0 bridgehead atoms. The van der Waals surface area contributed by atoms with E-state index in [2.05, 4.69) is 32.9 Å². The number of hydrogen-bond acceptors (Lipinski definition) is 2. The Morgan fingerprint density at radius 1 is 1.29 bits per heavy atom. The minimum absolute atomic E-state index is 0.143. The average Bonchev–Trinajstić information content (AvgIpc) is 2.78. The van der Waals surface area contributed by atoms with Crippen molar-refractivity contribution < 1.29 is 9.90 Å². The first kappa shape index (κ1) is 15.9. The Balaban J connectivity index is 1.70. The Labute approximate surface area is 145 Å². The van der Waals surface area contributed by atoms with Crippen LogP contribution in [0.3, 0.4) is 0 Å². The van der Waals surface area contributed by atoms with E-state index in [9.17, 15) is 9.90 Å². The topological polar surface area (TPSA) is 37.3 Å². The molecule has 0 aromatic heterocycles. The molecular formula is C22H28O2. The number of rotatable bonds is 1. The summed E-state index contributed by atoms with van der Waals surface area (Å²) in [5.41, 5.74) is 3.70. The van der Waals surface area contributed by atoms with E-state index in [4.69, 9.17) is 0 Å². The van der Waals surface area contributed by atoms with Gasteiger partial charge in [0.15, 0.2) is 5.78 Å². The zero-order valence-corrected chi connectivity index (χ0v) is 15.0. The first-order valence-electron chi connectivity index (χ1n) is 9.47. The van der Waals surface area contributed by atoms with Crippen LogP contribution >= 0.6 is 0 Å². The number of aryl methyl sites for hydroxylation is 1. The Morgan fingerprint density at radius 3 is 2.83 bits per heavy atom. The molecule has 24 heavy (non-hydrogen) atoms. The maximum Gasteiger partial charge on any atom is 0.164 e. The Morgan fingerprint density at radius 2 is 2.08 bits per heavy atom. The third-order valence-corrected chi connectivity index (χ3v) is 6.88. The summed E-state index contributed by atoms with van der Waals surface area (Å²) in [7, 11) is 0. The number of carbonyl (C=O) groups is 1. The van der Waals surface area contributed by atoms with Gasteiger partial charge in [0.2, 0.25) is 0 Å². The van der Waals surface area contributed by atoms with Crippen LogP contribution in [0.4, 0.5) is 0 Å². The van der Waals surface area contributed by atoms with Crippen molar-refractivity contribution in [1.29, 1.82) is 0 Å². The number of carbonyl (C=O) groups excluding carboxylic acids is 1. The van der Waals surface area contributed by atoms with Gasteiger partial charge in [-0.25, -0.2) is 0 Å². The molecule has 2 nitrogen and oxygen atoms in total. The highest BCUT2D eigenvalue weighted by molar-refractivity contribution is 6.02. The summed E-state index contributed by atoms with van der Waals surface area (Å²) in [6.45, 7) is 6.55. The van der Waals surface area contributed by atoms with Crippen molar-refractivity contribution in [3.05, 3.63) is 41.0 Å². The Hall–Kier alpha value is -1.57. The zero-order valence-electron chi connectivity index (χ0n) is 15.0. The fourth-order valence-electron chi connectivity index (χ4n) is 5.79. The predicted molar refractivity (Wildman–Crippen MR) is 96.0 cm³/mol. The quantitative estimate of drug-likeness (QED) is 0.737. The van der Waals surface area contributed by atoms with E-state index in [1.54, 1.807) is 0 Å². The highest BCUT2D eigenvalue weighted by Crippen LogP contribution is 2.60. The van der Waals surface area contributed by atoms with Crippen LogP contribution in [0.1, 0.15) is 63.5 Å². The lowest BCUT2D eigenvalue weighted by Crippen LogP contribution is -2.42. The Bertz CT molecular complexity index is 715.